The molecule has 0 bridgehead atoms. The van der Waals surface area contributed by atoms with Crippen LogP contribution in [0.25, 0.3) is 5.69 Å². The average Bonchev–Trinajstić information content (AvgIpc) is 2.92. The van der Waals surface area contributed by atoms with E-state index in [-0.39, 0.29) is 47.3 Å². The second-order valence-electron chi connectivity index (χ2n) is 5.71. The number of nitrogens with one attached hydrogen (secondary N) is 1. The van der Waals surface area contributed by atoms with E-state index in [1.807, 2.05) is 4.84 Å². The molecule has 0 fully saturated rings. The summed E-state index contributed by atoms with van der Waals surface area (Å²) in [5, 5.41) is 0.0255. The average molecular weight is 546 g/mol. The number of hydrogen-bond acceptors (Lipinski definition) is 2. The molecule has 3 rings (SSSR count). The Morgan fingerprint density at radius 3 is 1.80 bits per heavy atom. The third kappa shape index (κ3) is 4.21. The number of halogens is 7. The summed E-state index contributed by atoms with van der Waals surface area (Å²) in [5.41, 5.74) is 0.450. The molecule has 3 amide bonds. The SMILES string of the molecule is O=C(NCl)N(C(=O)c1ccccc1)c1cc(Cl)c(-n2c(Cl)c(Cl)c(Cl)c2Cl)c(Cl)c1. The highest BCUT2D eigenvalue weighted by molar-refractivity contribution is 6.52. The fraction of sp³-hybridized carbons (Fsp3) is 0. The molecule has 0 saturated heterocycles. The van der Waals surface area contributed by atoms with Gasteiger partial charge in [0, 0.05) is 17.3 Å². The Labute approximate surface area is 206 Å². The van der Waals surface area contributed by atoms with Crippen LogP contribution in [-0.2, 0) is 0 Å². The minimum absolute atomic E-state index is 0.0119. The molecular formula is C18H8Cl7N3O2. The number of carbonyl (C=O) groups excluding carboxylic acids is 2. The molecule has 0 radical (unpaired) electrons. The molecule has 0 saturated carbocycles. The van der Waals surface area contributed by atoms with Crippen molar-refractivity contribution in [3.63, 3.8) is 0 Å². The van der Waals surface area contributed by atoms with E-state index in [1.54, 1.807) is 18.2 Å². The lowest BCUT2D eigenvalue weighted by Crippen LogP contribution is -2.41. The van der Waals surface area contributed by atoms with Crippen LogP contribution in [0.4, 0.5) is 10.5 Å². The number of nitrogens with zero attached hydrogens (tertiary/aromatic N) is 2. The first-order valence-corrected chi connectivity index (χ1v) is 10.5. The monoisotopic (exact) mass is 543 g/mol. The number of urea groups is 1. The molecule has 12 heteroatoms. The summed E-state index contributed by atoms with van der Waals surface area (Å²) in [6.45, 7) is 0. The van der Waals surface area contributed by atoms with E-state index in [4.69, 9.17) is 81.4 Å². The van der Waals surface area contributed by atoms with E-state index in [9.17, 15) is 9.59 Å². The molecule has 0 spiro atoms. The standard InChI is InChI=1S/C18H8Cl7N3O2/c19-10-6-9(27(18(30)26-25)17(29)8-4-2-1-3-5-8)7-11(20)14(10)28-15(23)12(21)13(22)16(28)24/h1-7H,(H,26,30). The van der Waals surface area contributed by atoms with Crippen molar-refractivity contribution in [2.75, 3.05) is 4.90 Å². The number of aromatic nitrogens is 1. The Morgan fingerprint density at radius 2 is 1.33 bits per heavy atom. The Kier molecular flexibility index (Phi) is 7.36. The van der Waals surface area contributed by atoms with Gasteiger partial charge in [0.25, 0.3) is 5.91 Å². The van der Waals surface area contributed by atoms with Gasteiger partial charge < -0.3 is 0 Å². The van der Waals surface area contributed by atoms with Crippen LogP contribution in [0.15, 0.2) is 42.5 Å². The largest absolute Gasteiger partial charge is 0.343 e. The Morgan fingerprint density at radius 1 is 0.833 bits per heavy atom. The van der Waals surface area contributed by atoms with Crippen LogP contribution in [0.5, 0.6) is 0 Å². The molecule has 2 aromatic carbocycles. The fourth-order valence-electron chi connectivity index (χ4n) is 2.63. The van der Waals surface area contributed by atoms with E-state index in [2.05, 4.69) is 0 Å². The predicted octanol–water partition coefficient (Wildman–Crippen LogP) is 7.91. The van der Waals surface area contributed by atoms with Crippen LogP contribution < -0.4 is 9.74 Å². The van der Waals surface area contributed by atoms with Gasteiger partial charge in [0.15, 0.2) is 0 Å². The minimum Gasteiger partial charge on any atom is -0.285 e. The highest BCUT2D eigenvalue weighted by atomic mass is 35.5. The molecule has 0 atom stereocenters. The molecule has 0 aliphatic heterocycles. The summed E-state index contributed by atoms with van der Waals surface area (Å²) in [7, 11) is 0. The van der Waals surface area contributed by atoms with Crippen molar-refractivity contribution in [3.8, 4) is 5.69 Å². The molecule has 5 nitrogen and oxygen atoms in total. The zero-order valence-corrected chi connectivity index (χ0v) is 19.7. The fourth-order valence-corrected chi connectivity index (χ4v) is 4.38. The van der Waals surface area contributed by atoms with Gasteiger partial charge >= 0.3 is 6.03 Å². The minimum atomic E-state index is -0.909. The summed E-state index contributed by atoms with van der Waals surface area (Å²) < 4.78 is 1.24. The predicted molar refractivity (Wildman–Crippen MR) is 123 cm³/mol. The van der Waals surface area contributed by atoms with Gasteiger partial charge in [-0.2, -0.15) is 0 Å². The van der Waals surface area contributed by atoms with E-state index in [0.717, 1.165) is 4.90 Å². The zero-order chi connectivity index (χ0) is 22.2. The summed E-state index contributed by atoms with van der Waals surface area (Å²) in [5.74, 6) is -0.656. The molecular weight excluding hydrogens is 538 g/mol. The molecule has 1 heterocycles. The van der Waals surface area contributed by atoms with Crippen molar-refractivity contribution >= 4 is 99.0 Å². The maximum absolute atomic E-state index is 12.9. The summed E-state index contributed by atoms with van der Waals surface area (Å²) in [4.78, 5) is 28.0. The Balaban J connectivity index is 2.16. The summed E-state index contributed by atoms with van der Waals surface area (Å²) >= 11 is 42.8. The van der Waals surface area contributed by atoms with Crippen LogP contribution in [0.3, 0.4) is 0 Å². The van der Waals surface area contributed by atoms with E-state index in [0.29, 0.717) is 0 Å². The highest BCUT2D eigenvalue weighted by Crippen LogP contribution is 2.45. The second kappa shape index (κ2) is 9.45. The Hall–Kier alpha value is -1.31. The third-order valence-corrected chi connectivity index (χ3v) is 6.42. The van der Waals surface area contributed by atoms with Crippen molar-refractivity contribution in [1.29, 1.82) is 0 Å². The van der Waals surface area contributed by atoms with E-state index < -0.39 is 11.9 Å². The van der Waals surface area contributed by atoms with Gasteiger partial charge in [0.2, 0.25) is 0 Å². The number of carbonyl (C=O) groups is 2. The molecule has 0 aliphatic rings. The maximum atomic E-state index is 12.9. The molecule has 3 aromatic rings. The number of anilines is 1. The quantitative estimate of drug-likeness (QED) is 0.340. The summed E-state index contributed by atoms with van der Waals surface area (Å²) in [6.07, 6.45) is 0. The first kappa shape index (κ1) is 23.4. The molecule has 1 aromatic heterocycles. The molecule has 1 N–H and O–H groups in total. The van der Waals surface area contributed by atoms with Crippen LogP contribution in [-0.4, -0.2) is 16.5 Å². The second-order valence-corrected chi connectivity index (χ2v) is 8.18. The normalized spacial score (nSPS) is 10.8. The van der Waals surface area contributed by atoms with Gasteiger partial charge in [-0.05, 0) is 24.3 Å². The molecule has 0 aliphatic carbocycles. The van der Waals surface area contributed by atoms with Crippen LogP contribution in [0, 0.1) is 0 Å². The van der Waals surface area contributed by atoms with Gasteiger partial charge in [0.1, 0.15) is 10.3 Å². The van der Waals surface area contributed by atoms with Gasteiger partial charge in [0.05, 0.1) is 31.5 Å². The number of imide groups is 1. The van der Waals surface area contributed by atoms with E-state index >= 15 is 0 Å². The number of amides is 3. The van der Waals surface area contributed by atoms with Crippen molar-refractivity contribution in [1.82, 2.24) is 9.40 Å². The van der Waals surface area contributed by atoms with Crippen molar-refractivity contribution in [2.24, 2.45) is 0 Å². The zero-order valence-electron chi connectivity index (χ0n) is 14.4. The number of benzene rings is 2. The van der Waals surface area contributed by atoms with Gasteiger partial charge in [-0.25, -0.2) is 14.5 Å². The topological polar surface area (TPSA) is 54.3 Å². The molecule has 30 heavy (non-hydrogen) atoms. The van der Waals surface area contributed by atoms with Crippen LogP contribution in [0.2, 0.25) is 30.4 Å². The number of hydrogen-bond donors (Lipinski definition) is 1. The van der Waals surface area contributed by atoms with Crippen molar-refractivity contribution < 1.29 is 9.59 Å². The lowest BCUT2D eigenvalue weighted by molar-refractivity contribution is 0.0994. The van der Waals surface area contributed by atoms with E-state index in [1.165, 1.54) is 28.8 Å². The van der Waals surface area contributed by atoms with Crippen LogP contribution in [0.1, 0.15) is 10.4 Å². The van der Waals surface area contributed by atoms with Crippen LogP contribution >= 0.6 is 81.4 Å². The van der Waals surface area contributed by atoms with Gasteiger partial charge in [-0.3, -0.25) is 9.36 Å². The Bertz CT molecular complexity index is 1100. The summed E-state index contributed by atoms with van der Waals surface area (Å²) in [6, 6.07) is 9.84. The first-order valence-electron chi connectivity index (χ1n) is 7.89. The first-order chi connectivity index (χ1) is 14.2. The van der Waals surface area contributed by atoms with Crippen molar-refractivity contribution in [3.05, 3.63) is 78.4 Å². The number of rotatable bonds is 3. The van der Waals surface area contributed by atoms with Gasteiger partial charge in [-0.15, -0.1) is 0 Å². The lowest BCUT2D eigenvalue weighted by Gasteiger charge is -2.22. The smallest absolute Gasteiger partial charge is 0.285 e. The highest BCUT2D eigenvalue weighted by Gasteiger charge is 2.28. The maximum Gasteiger partial charge on any atom is 0.343 e. The van der Waals surface area contributed by atoms with Crippen molar-refractivity contribution in [2.45, 2.75) is 0 Å². The molecule has 0 unspecified atom stereocenters. The molecule has 156 valence electrons. The third-order valence-electron chi connectivity index (χ3n) is 3.94. The van der Waals surface area contributed by atoms with Gasteiger partial charge in [-0.1, -0.05) is 87.8 Å². The lowest BCUT2D eigenvalue weighted by atomic mass is 10.2.